The number of nitrogens with zero attached hydrogens (tertiary/aromatic N) is 6. The van der Waals surface area contributed by atoms with Gasteiger partial charge < -0.3 is 10.2 Å². The number of hydrogen-bond donors (Lipinski definition) is 2. The van der Waals surface area contributed by atoms with Gasteiger partial charge in [-0.15, -0.1) is 0 Å². The fraction of sp³-hybridized carbons (Fsp3) is 0.400. The number of benzene rings is 2. The van der Waals surface area contributed by atoms with Crippen molar-refractivity contribution in [2.75, 3.05) is 58.7 Å². The quantitative estimate of drug-likeness (QED) is 0.358. The third-order valence-electron chi connectivity index (χ3n) is 5.87. The zero-order chi connectivity index (χ0) is 23.9. The minimum Gasteiger partial charge on any atom is -0.369 e. The summed E-state index contributed by atoms with van der Waals surface area (Å²) in [5, 5.41) is 13.9. The zero-order valence-electron chi connectivity index (χ0n) is 19.8. The van der Waals surface area contributed by atoms with E-state index >= 15 is 0 Å². The van der Waals surface area contributed by atoms with Gasteiger partial charge in [-0.2, -0.15) is 9.81 Å². The Morgan fingerprint density at radius 2 is 1.79 bits per heavy atom. The Kier molecular flexibility index (Phi) is 8.32. The number of hydrogen-bond acceptors (Lipinski definition) is 8. The number of aromatic nitrogens is 2. The van der Waals surface area contributed by atoms with Crippen LogP contribution in [0, 0.1) is 11.3 Å². The topological polar surface area (TPSA) is 91.5 Å². The molecule has 0 spiro atoms. The monoisotopic (exact) mass is 478 g/mol. The summed E-state index contributed by atoms with van der Waals surface area (Å²) in [4.78, 5) is 14.9. The van der Waals surface area contributed by atoms with Crippen LogP contribution in [-0.4, -0.2) is 82.0 Å². The second-order valence-corrected chi connectivity index (χ2v) is 10.2. The third kappa shape index (κ3) is 6.03. The van der Waals surface area contributed by atoms with Gasteiger partial charge in [0.2, 0.25) is 4.90 Å². The summed E-state index contributed by atoms with van der Waals surface area (Å²) >= 11 is -1.08. The molecule has 34 heavy (non-hydrogen) atoms. The van der Waals surface area contributed by atoms with Crippen LogP contribution in [0.1, 0.15) is 17.8 Å². The maximum atomic E-state index is 10.9. The van der Waals surface area contributed by atoms with Crippen molar-refractivity contribution in [1.29, 1.82) is 5.26 Å². The average Bonchev–Trinajstić information content (AvgIpc) is 2.86. The molecule has 2 aromatic carbocycles. The van der Waals surface area contributed by atoms with Crippen molar-refractivity contribution in [1.82, 2.24) is 24.1 Å². The van der Waals surface area contributed by atoms with Crippen molar-refractivity contribution in [3.05, 3.63) is 59.9 Å². The van der Waals surface area contributed by atoms with Crippen LogP contribution in [0.15, 0.2) is 53.4 Å². The molecule has 1 atom stereocenters. The van der Waals surface area contributed by atoms with E-state index in [2.05, 4.69) is 41.3 Å². The van der Waals surface area contributed by atoms with Gasteiger partial charge in [0.1, 0.15) is 23.3 Å². The number of rotatable bonds is 9. The molecule has 0 saturated carbocycles. The van der Waals surface area contributed by atoms with Gasteiger partial charge in [-0.3, -0.25) is 4.90 Å². The molecule has 1 aromatic heterocycles. The van der Waals surface area contributed by atoms with Crippen LogP contribution in [-0.2, 0) is 17.9 Å². The van der Waals surface area contributed by atoms with Crippen molar-refractivity contribution in [2.24, 2.45) is 0 Å². The van der Waals surface area contributed by atoms with Gasteiger partial charge in [-0.05, 0) is 45.3 Å². The minimum absolute atomic E-state index is 0.533. The summed E-state index contributed by atoms with van der Waals surface area (Å²) < 4.78 is 12.9. The molecule has 8 nitrogen and oxygen atoms in total. The Bertz CT molecular complexity index is 1140. The van der Waals surface area contributed by atoms with Crippen LogP contribution in [0.5, 0.6) is 0 Å². The SMILES string of the molecule is CN(C)CCCNc1nc(CN2CCN([S+](O)c3ccccc3C#N)CC2)nc2ccccc12. The van der Waals surface area contributed by atoms with Crippen molar-refractivity contribution >= 4 is 28.1 Å². The number of nitriles is 1. The second kappa shape index (κ2) is 11.6. The molecule has 0 amide bonds. The number of nitrogens with one attached hydrogen (secondary N) is 1. The van der Waals surface area contributed by atoms with E-state index < -0.39 is 11.4 Å². The smallest absolute Gasteiger partial charge is 0.279 e. The molecule has 4 rings (SSSR count). The number of para-hydroxylation sites is 1. The highest BCUT2D eigenvalue weighted by Gasteiger charge is 2.35. The van der Waals surface area contributed by atoms with Gasteiger partial charge in [0.25, 0.3) is 11.4 Å². The fourth-order valence-electron chi connectivity index (χ4n) is 4.05. The first-order valence-electron chi connectivity index (χ1n) is 11.6. The predicted molar refractivity (Wildman–Crippen MR) is 137 cm³/mol. The lowest BCUT2D eigenvalue weighted by molar-refractivity contribution is 0.179. The van der Waals surface area contributed by atoms with E-state index in [9.17, 15) is 9.81 Å². The Morgan fingerprint density at radius 1 is 1.06 bits per heavy atom. The Balaban J connectivity index is 1.40. The molecule has 1 fully saturated rings. The molecule has 2 heterocycles. The van der Waals surface area contributed by atoms with Crippen LogP contribution in [0.2, 0.25) is 0 Å². The summed E-state index contributed by atoms with van der Waals surface area (Å²) in [6, 6.07) is 17.6. The molecule has 1 saturated heterocycles. The molecule has 178 valence electrons. The van der Waals surface area contributed by atoms with Crippen LogP contribution in [0.25, 0.3) is 10.9 Å². The predicted octanol–water partition coefficient (Wildman–Crippen LogP) is 3.05. The normalized spacial score (nSPS) is 16.0. The van der Waals surface area contributed by atoms with Crippen LogP contribution in [0.3, 0.4) is 0 Å². The highest BCUT2D eigenvalue weighted by molar-refractivity contribution is 7.89. The molecule has 2 N–H and O–H groups in total. The molecule has 1 unspecified atom stereocenters. The van der Waals surface area contributed by atoms with Gasteiger partial charge in [0.05, 0.1) is 25.2 Å². The molecule has 0 bridgehead atoms. The van der Waals surface area contributed by atoms with Crippen molar-refractivity contribution < 1.29 is 4.55 Å². The van der Waals surface area contributed by atoms with Gasteiger partial charge in [-0.1, -0.05) is 28.6 Å². The van der Waals surface area contributed by atoms with E-state index in [0.29, 0.717) is 17.0 Å². The fourth-order valence-corrected chi connectivity index (χ4v) is 5.35. The van der Waals surface area contributed by atoms with E-state index in [1.807, 2.05) is 40.7 Å². The maximum Gasteiger partial charge on any atom is 0.279 e. The summed E-state index contributed by atoms with van der Waals surface area (Å²) in [5.41, 5.74) is 1.48. The zero-order valence-corrected chi connectivity index (χ0v) is 20.6. The standard InChI is InChI=1S/C25H32N7OS/c1-30(2)13-7-12-27-25-21-9-4-5-10-22(21)28-24(29-25)19-31-14-16-32(17-15-31)34(33)23-11-6-3-8-20(23)18-26/h3-6,8-11,33H,7,12-17,19H2,1-2H3,(H,27,28,29)/q+1. The summed E-state index contributed by atoms with van der Waals surface area (Å²) in [5.74, 6) is 1.70. The van der Waals surface area contributed by atoms with E-state index in [1.165, 1.54) is 0 Å². The van der Waals surface area contributed by atoms with Gasteiger partial charge in [-0.25, -0.2) is 9.97 Å². The maximum absolute atomic E-state index is 10.9. The molecular weight excluding hydrogens is 446 g/mol. The number of anilines is 1. The summed E-state index contributed by atoms with van der Waals surface area (Å²) in [7, 11) is 4.17. The third-order valence-corrected chi connectivity index (χ3v) is 7.47. The highest BCUT2D eigenvalue weighted by atomic mass is 32.2. The summed E-state index contributed by atoms with van der Waals surface area (Å²) in [6.45, 7) is 5.62. The van der Waals surface area contributed by atoms with Crippen LogP contribution < -0.4 is 5.32 Å². The summed E-state index contributed by atoms with van der Waals surface area (Å²) in [6.07, 6.45) is 1.04. The molecule has 0 radical (unpaired) electrons. The molecule has 3 aromatic rings. The molecular formula is C25H32N7OS+. The Labute approximate surface area is 204 Å². The van der Waals surface area contributed by atoms with Gasteiger partial charge in [0.15, 0.2) is 0 Å². The van der Waals surface area contributed by atoms with E-state index in [1.54, 1.807) is 6.07 Å². The molecule has 9 heteroatoms. The van der Waals surface area contributed by atoms with Crippen molar-refractivity contribution in [3.8, 4) is 6.07 Å². The van der Waals surface area contributed by atoms with Crippen LogP contribution >= 0.6 is 0 Å². The largest absolute Gasteiger partial charge is 0.369 e. The van der Waals surface area contributed by atoms with E-state index in [0.717, 1.165) is 68.2 Å². The van der Waals surface area contributed by atoms with Gasteiger partial charge >= 0.3 is 0 Å². The highest BCUT2D eigenvalue weighted by Crippen LogP contribution is 2.23. The molecule has 0 aliphatic carbocycles. The minimum atomic E-state index is -1.08. The first-order valence-corrected chi connectivity index (χ1v) is 12.7. The molecule has 1 aliphatic rings. The lowest BCUT2D eigenvalue weighted by Gasteiger charge is -2.30. The first kappa shape index (κ1) is 24.4. The lowest BCUT2D eigenvalue weighted by atomic mass is 10.2. The number of piperazine rings is 1. The molecule has 1 aliphatic heterocycles. The second-order valence-electron chi connectivity index (χ2n) is 8.67. The number of fused-ring (bicyclic) bond motifs is 1. The van der Waals surface area contributed by atoms with Gasteiger partial charge in [0, 0.05) is 31.1 Å². The Hall–Kier alpha value is -2.74. The average molecular weight is 479 g/mol. The first-order chi connectivity index (χ1) is 16.5. The van der Waals surface area contributed by atoms with Crippen molar-refractivity contribution in [3.63, 3.8) is 0 Å². The Morgan fingerprint density at radius 3 is 2.56 bits per heavy atom. The van der Waals surface area contributed by atoms with E-state index in [-0.39, 0.29) is 0 Å². The van der Waals surface area contributed by atoms with Crippen LogP contribution in [0.4, 0.5) is 5.82 Å². The van der Waals surface area contributed by atoms with E-state index in [4.69, 9.17) is 9.97 Å². The van der Waals surface area contributed by atoms with Crippen molar-refractivity contribution in [2.45, 2.75) is 17.9 Å². The lowest BCUT2D eigenvalue weighted by Crippen LogP contribution is -2.48.